The van der Waals surface area contributed by atoms with Gasteiger partial charge in [0.25, 0.3) is 11.6 Å². The summed E-state index contributed by atoms with van der Waals surface area (Å²) in [5, 5.41) is 24.9. The molecule has 6 nitrogen and oxygen atoms in total. The molecule has 0 aliphatic heterocycles. The fourth-order valence-corrected chi connectivity index (χ4v) is 2.30. The smallest absolute Gasteiger partial charge is 0.269 e. The van der Waals surface area contributed by atoms with Crippen LogP contribution in [-0.4, -0.2) is 15.9 Å². The van der Waals surface area contributed by atoms with Gasteiger partial charge in [0.1, 0.15) is 5.75 Å². The summed E-state index contributed by atoms with van der Waals surface area (Å²) in [5.74, 6) is -0.579. The van der Waals surface area contributed by atoms with Crippen molar-refractivity contribution >= 4 is 28.1 Å². The summed E-state index contributed by atoms with van der Waals surface area (Å²) in [5.41, 5.74) is 0.492. The summed E-state index contributed by atoms with van der Waals surface area (Å²) in [7, 11) is 0. The van der Waals surface area contributed by atoms with E-state index < -0.39 is 10.8 Å². The van der Waals surface area contributed by atoms with Gasteiger partial charge < -0.3 is 10.4 Å². The lowest BCUT2D eigenvalue weighted by Gasteiger charge is -2.09. The van der Waals surface area contributed by atoms with E-state index in [2.05, 4.69) is 5.32 Å². The molecule has 0 fully saturated rings. The summed E-state index contributed by atoms with van der Waals surface area (Å²) >= 11 is 0. The number of anilines is 1. The number of hydrogen-bond acceptors (Lipinski definition) is 4. The predicted molar refractivity (Wildman–Crippen MR) is 86.7 cm³/mol. The van der Waals surface area contributed by atoms with Gasteiger partial charge in [-0.1, -0.05) is 30.3 Å². The molecule has 0 saturated heterocycles. The van der Waals surface area contributed by atoms with E-state index in [0.29, 0.717) is 11.1 Å². The number of nitro benzene ring substituents is 1. The molecule has 114 valence electrons. The molecule has 0 atom stereocenters. The Morgan fingerprint density at radius 2 is 1.70 bits per heavy atom. The number of carbonyl (C=O) groups is 1. The number of nitrogens with zero attached hydrogens (tertiary/aromatic N) is 1. The van der Waals surface area contributed by atoms with Crippen molar-refractivity contribution in [2.75, 3.05) is 5.32 Å². The minimum atomic E-state index is -0.513. The highest BCUT2D eigenvalue weighted by atomic mass is 16.6. The molecule has 0 aliphatic carbocycles. The fourth-order valence-electron chi connectivity index (χ4n) is 2.30. The van der Waals surface area contributed by atoms with Crippen LogP contribution in [0.4, 0.5) is 11.4 Å². The molecule has 23 heavy (non-hydrogen) atoms. The van der Waals surface area contributed by atoms with Gasteiger partial charge in [-0.25, -0.2) is 0 Å². The zero-order valence-electron chi connectivity index (χ0n) is 11.9. The van der Waals surface area contributed by atoms with E-state index in [4.69, 9.17) is 0 Å². The zero-order chi connectivity index (χ0) is 16.4. The molecule has 0 spiro atoms. The van der Waals surface area contributed by atoms with Crippen LogP contribution in [0.5, 0.6) is 5.75 Å². The van der Waals surface area contributed by atoms with Crippen molar-refractivity contribution in [2.24, 2.45) is 0 Å². The molecular formula is C17H12N2O4. The van der Waals surface area contributed by atoms with Gasteiger partial charge in [0, 0.05) is 23.2 Å². The Bertz CT molecular complexity index is 904. The highest BCUT2D eigenvalue weighted by Gasteiger charge is 2.14. The molecule has 6 heteroatoms. The molecule has 0 radical (unpaired) electrons. The van der Waals surface area contributed by atoms with Crippen molar-refractivity contribution in [1.29, 1.82) is 0 Å². The van der Waals surface area contributed by atoms with E-state index >= 15 is 0 Å². The van der Waals surface area contributed by atoms with Crippen molar-refractivity contribution in [1.82, 2.24) is 0 Å². The number of phenolic OH excluding ortho intramolecular Hbond substituents is 1. The molecule has 0 aromatic heterocycles. The molecule has 3 rings (SSSR count). The van der Waals surface area contributed by atoms with Crippen LogP contribution < -0.4 is 5.32 Å². The molecular weight excluding hydrogens is 296 g/mol. The second-order valence-corrected chi connectivity index (χ2v) is 4.94. The van der Waals surface area contributed by atoms with Crippen LogP contribution in [0.2, 0.25) is 0 Å². The van der Waals surface area contributed by atoms with Gasteiger partial charge in [0.05, 0.1) is 10.5 Å². The number of amides is 1. The Kier molecular flexibility index (Phi) is 3.64. The predicted octanol–water partition coefficient (Wildman–Crippen LogP) is 3.71. The first-order valence-electron chi connectivity index (χ1n) is 6.83. The van der Waals surface area contributed by atoms with Crippen molar-refractivity contribution < 1.29 is 14.8 Å². The number of benzene rings is 3. The lowest BCUT2D eigenvalue weighted by Crippen LogP contribution is -2.12. The lowest BCUT2D eigenvalue weighted by molar-refractivity contribution is -0.384. The molecule has 1 amide bonds. The molecule has 0 heterocycles. The number of hydrogen-bond donors (Lipinski definition) is 2. The zero-order valence-corrected chi connectivity index (χ0v) is 11.9. The van der Waals surface area contributed by atoms with Crippen molar-refractivity contribution in [3.63, 3.8) is 0 Å². The van der Waals surface area contributed by atoms with Crippen molar-refractivity contribution in [3.05, 3.63) is 76.3 Å². The Morgan fingerprint density at radius 1 is 1.00 bits per heavy atom. The highest BCUT2D eigenvalue weighted by molar-refractivity contribution is 6.09. The van der Waals surface area contributed by atoms with Gasteiger partial charge in [-0.2, -0.15) is 0 Å². The molecule has 2 N–H and O–H groups in total. The maximum absolute atomic E-state index is 12.3. The first-order chi connectivity index (χ1) is 11.1. The summed E-state index contributed by atoms with van der Waals surface area (Å²) < 4.78 is 0. The van der Waals surface area contributed by atoms with Gasteiger partial charge in [-0.15, -0.1) is 0 Å². The van der Waals surface area contributed by atoms with Gasteiger partial charge in [0.15, 0.2) is 0 Å². The Labute approximate surface area is 131 Å². The van der Waals surface area contributed by atoms with Crippen molar-refractivity contribution in [3.8, 4) is 5.75 Å². The topological polar surface area (TPSA) is 92.5 Å². The summed E-state index contributed by atoms with van der Waals surface area (Å²) in [6.45, 7) is 0. The van der Waals surface area contributed by atoms with Gasteiger partial charge in [-0.05, 0) is 23.6 Å². The maximum atomic E-state index is 12.3. The largest absolute Gasteiger partial charge is 0.506 e. The third-order valence-corrected chi connectivity index (χ3v) is 3.48. The SMILES string of the molecule is O=C(Nc1ccc([N+](=O)[O-])cc1)c1ccc2ccccc2c1O. The third-order valence-electron chi connectivity index (χ3n) is 3.48. The van der Waals surface area contributed by atoms with E-state index in [-0.39, 0.29) is 17.0 Å². The van der Waals surface area contributed by atoms with E-state index in [1.807, 2.05) is 12.1 Å². The summed E-state index contributed by atoms with van der Waals surface area (Å²) in [4.78, 5) is 22.4. The number of nitrogens with one attached hydrogen (secondary N) is 1. The molecule has 3 aromatic rings. The number of rotatable bonds is 3. The van der Waals surface area contributed by atoms with Crippen LogP contribution in [0.3, 0.4) is 0 Å². The lowest BCUT2D eigenvalue weighted by atomic mass is 10.0. The van der Waals surface area contributed by atoms with E-state index in [9.17, 15) is 20.0 Å². The second-order valence-electron chi connectivity index (χ2n) is 4.94. The monoisotopic (exact) mass is 308 g/mol. The van der Waals surface area contributed by atoms with Crippen LogP contribution in [0, 0.1) is 10.1 Å². The minimum Gasteiger partial charge on any atom is -0.506 e. The molecule has 0 bridgehead atoms. The number of aromatic hydroxyl groups is 1. The quantitative estimate of drug-likeness (QED) is 0.570. The highest BCUT2D eigenvalue weighted by Crippen LogP contribution is 2.29. The van der Waals surface area contributed by atoms with Crippen molar-refractivity contribution in [2.45, 2.75) is 0 Å². The molecule has 0 saturated carbocycles. The Balaban J connectivity index is 1.88. The maximum Gasteiger partial charge on any atom is 0.269 e. The van der Waals surface area contributed by atoms with Gasteiger partial charge >= 0.3 is 0 Å². The number of nitro groups is 1. The van der Waals surface area contributed by atoms with E-state index in [1.54, 1.807) is 24.3 Å². The van der Waals surface area contributed by atoms with E-state index in [1.165, 1.54) is 24.3 Å². The van der Waals surface area contributed by atoms with Crippen LogP contribution in [0.15, 0.2) is 60.7 Å². The average Bonchev–Trinajstić information content (AvgIpc) is 2.56. The number of fused-ring (bicyclic) bond motifs is 1. The van der Waals surface area contributed by atoms with Gasteiger partial charge in [0.2, 0.25) is 0 Å². The van der Waals surface area contributed by atoms with Crippen LogP contribution in [-0.2, 0) is 0 Å². The first-order valence-corrected chi connectivity index (χ1v) is 6.83. The number of non-ortho nitro benzene ring substituents is 1. The van der Waals surface area contributed by atoms with Crippen LogP contribution >= 0.6 is 0 Å². The van der Waals surface area contributed by atoms with Crippen LogP contribution in [0.1, 0.15) is 10.4 Å². The molecule has 3 aromatic carbocycles. The Hall–Kier alpha value is -3.41. The fraction of sp³-hybridized carbons (Fsp3) is 0. The van der Waals surface area contributed by atoms with E-state index in [0.717, 1.165) is 5.39 Å². The average molecular weight is 308 g/mol. The Morgan fingerprint density at radius 3 is 2.39 bits per heavy atom. The summed E-state index contributed by atoms with van der Waals surface area (Å²) in [6, 6.07) is 16.0. The van der Waals surface area contributed by atoms with Gasteiger partial charge in [-0.3, -0.25) is 14.9 Å². The number of carbonyl (C=O) groups excluding carboxylic acids is 1. The molecule has 0 unspecified atom stereocenters. The number of phenols is 1. The third kappa shape index (κ3) is 2.82. The first kappa shape index (κ1) is 14.5. The second kappa shape index (κ2) is 5.76. The standard InChI is InChI=1S/C17H12N2O4/c20-16-14-4-2-1-3-11(14)5-10-15(16)17(21)18-12-6-8-13(9-7-12)19(22)23/h1-10,20H,(H,18,21). The van der Waals surface area contributed by atoms with Crippen LogP contribution in [0.25, 0.3) is 10.8 Å². The molecule has 0 aliphatic rings. The summed E-state index contributed by atoms with van der Waals surface area (Å²) in [6.07, 6.45) is 0. The minimum absolute atomic E-state index is 0.0587. The normalized spacial score (nSPS) is 10.4.